The Morgan fingerprint density at radius 3 is 2.96 bits per heavy atom. The first-order chi connectivity index (χ1) is 12.1. The van der Waals surface area contributed by atoms with Crippen LogP contribution in [0.3, 0.4) is 0 Å². The van der Waals surface area contributed by atoms with E-state index in [9.17, 15) is 9.59 Å². The molecular formula is C18H22N2O3S2. The van der Waals surface area contributed by atoms with E-state index in [4.69, 9.17) is 9.72 Å². The van der Waals surface area contributed by atoms with Crippen molar-refractivity contribution in [2.75, 3.05) is 12.4 Å². The highest BCUT2D eigenvalue weighted by Gasteiger charge is 2.24. The van der Waals surface area contributed by atoms with Gasteiger partial charge in [-0.25, -0.2) is 4.98 Å². The molecule has 0 saturated carbocycles. The minimum Gasteiger partial charge on any atom is -0.376 e. The number of aromatic nitrogens is 2. The molecule has 2 aliphatic rings. The number of carbonyl (C=O) groups excluding carboxylic acids is 1. The smallest absolute Gasteiger partial charge is 0.263 e. The van der Waals surface area contributed by atoms with Gasteiger partial charge in [-0.3, -0.25) is 14.2 Å². The van der Waals surface area contributed by atoms with Crippen molar-refractivity contribution in [3.05, 3.63) is 20.8 Å². The molecule has 4 rings (SSSR count). The fourth-order valence-corrected chi connectivity index (χ4v) is 5.76. The minimum absolute atomic E-state index is 0.0472. The molecule has 0 amide bonds. The number of carbonyl (C=O) groups is 1. The molecule has 7 heteroatoms. The second-order valence-corrected chi connectivity index (χ2v) is 8.85. The first-order valence-corrected chi connectivity index (χ1v) is 10.7. The Bertz CT molecular complexity index is 865. The predicted octanol–water partition coefficient (Wildman–Crippen LogP) is 3.20. The van der Waals surface area contributed by atoms with Gasteiger partial charge in [-0.05, 0) is 51.0 Å². The van der Waals surface area contributed by atoms with Gasteiger partial charge in [-0.15, -0.1) is 11.3 Å². The number of thioether (sulfide) groups is 1. The third-order valence-corrected chi connectivity index (χ3v) is 7.16. The maximum Gasteiger partial charge on any atom is 0.263 e. The van der Waals surface area contributed by atoms with Gasteiger partial charge in [0.25, 0.3) is 5.56 Å². The molecule has 1 fully saturated rings. The number of rotatable bonds is 5. The van der Waals surface area contributed by atoms with E-state index in [1.807, 2.05) is 0 Å². The molecule has 1 unspecified atom stereocenters. The summed E-state index contributed by atoms with van der Waals surface area (Å²) in [7, 11) is 0. The monoisotopic (exact) mass is 378 g/mol. The number of thiophene rings is 1. The summed E-state index contributed by atoms with van der Waals surface area (Å²) in [6.07, 6.45) is 6.45. The first-order valence-electron chi connectivity index (χ1n) is 8.92. The fourth-order valence-electron chi connectivity index (χ4n) is 3.65. The van der Waals surface area contributed by atoms with Crippen molar-refractivity contribution in [1.29, 1.82) is 0 Å². The summed E-state index contributed by atoms with van der Waals surface area (Å²) >= 11 is 3.03. The SMILES string of the molecule is CC(=O)CSc1nc2sc3c(c2c(=O)n1CC1CCCO1)CCCC3. The van der Waals surface area contributed by atoms with Crippen molar-refractivity contribution < 1.29 is 9.53 Å². The van der Waals surface area contributed by atoms with Crippen LogP contribution in [0, 0.1) is 0 Å². The Kier molecular flexibility index (Phi) is 4.97. The second kappa shape index (κ2) is 7.21. The van der Waals surface area contributed by atoms with Gasteiger partial charge in [0.1, 0.15) is 10.6 Å². The third kappa shape index (κ3) is 3.41. The molecule has 0 N–H and O–H groups in total. The summed E-state index contributed by atoms with van der Waals surface area (Å²) in [5.41, 5.74) is 1.26. The van der Waals surface area contributed by atoms with Gasteiger partial charge in [0.2, 0.25) is 0 Å². The molecule has 0 aromatic carbocycles. The average Bonchev–Trinajstić information content (AvgIpc) is 3.22. The van der Waals surface area contributed by atoms with Crippen LogP contribution in [0.1, 0.15) is 43.0 Å². The van der Waals surface area contributed by atoms with E-state index in [2.05, 4.69) is 0 Å². The van der Waals surface area contributed by atoms with Crippen LogP contribution in [-0.2, 0) is 28.9 Å². The molecule has 1 atom stereocenters. The summed E-state index contributed by atoms with van der Waals surface area (Å²) in [6.45, 7) is 2.86. The largest absolute Gasteiger partial charge is 0.376 e. The molecule has 134 valence electrons. The zero-order valence-electron chi connectivity index (χ0n) is 14.4. The standard InChI is InChI=1S/C18H22N2O3S2/c1-11(21)10-24-18-19-16-15(13-6-2-3-7-14(13)25-16)17(22)20(18)9-12-5-4-8-23-12/h12H,2-10H2,1H3. The van der Waals surface area contributed by atoms with E-state index in [-0.39, 0.29) is 17.4 Å². The number of ketones is 1. The van der Waals surface area contributed by atoms with Crippen LogP contribution < -0.4 is 5.56 Å². The molecule has 0 radical (unpaired) electrons. The molecule has 25 heavy (non-hydrogen) atoms. The van der Waals surface area contributed by atoms with Crippen LogP contribution in [0.5, 0.6) is 0 Å². The highest BCUT2D eigenvalue weighted by molar-refractivity contribution is 7.99. The van der Waals surface area contributed by atoms with Crippen molar-refractivity contribution in [2.24, 2.45) is 0 Å². The summed E-state index contributed by atoms with van der Waals surface area (Å²) in [4.78, 5) is 31.7. The zero-order chi connectivity index (χ0) is 17.4. The molecule has 2 aromatic rings. The van der Waals surface area contributed by atoms with Crippen molar-refractivity contribution in [2.45, 2.75) is 63.3 Å². The summed E-state index contributed by atoms with van der Waals surface area (Å²) in [5.74, 6) is 0.433. The van der Waals surface area contributed by atoms with Crippen LogP contribution in [0.25, 0.3) is 10.2 Å². The number of hydrogen-bond acceptors (Lipinski definition) is 6. The lowest BCUT2D eigenvalue weighted by molar-refractivity contribution is -0.114. The van der Waals surface area contributed by atoms with Gasteiger partial charge < -0.3 is 4.74 Å². The molecule has 1 aliphatic carbocycles. The van der Waals surface area contributed by atoms with Gasteiger partial charge in [0, 0.05) is 11.5 Å². The molecule has 1 saturated heterocycles. The number of hydrogen-bond donors (Lipinski definition) is 0. The van der Waals surface area contributed by atoms with E-state index < -0.39 is 0 Å². The number of ether oxygens (including phenoxy) is 1. The molecule has 1 aliphatic heterocycles. The Morgan fingerprint density at radius 2 is 2.20 bits per heavy atom. The Balaban J connectivity index is 1.81. The number of aryl methyl sites for hydroxylation is 2. The lowest BCUT2D eigenvalue weighted by Crippen LogP contribution is -2.29. The highest BCUT2D eigenvalue weighted by Crippen LogP contribution is 2.34. The second-order valence-electron chi connectivity index (χ2n) is 6.83. The molecule has 0 spiro atoms. The molecule has 3 heterocycles. The zero-order valence-corrected chi connectivity index (χ0v) is 16.0. The Labute approximate surface area is 154 Å². The highest BCUT2D eigenvalue weighted by atomic mass is 32.2. The Morgan fingerprint density at radius 1 is 1.36 bits per heavy atom. The van der Waals surface area contributed by atoms with Crippen LogP contribution in [0.15, 0.2) is 9.95 Å². The van der Waals surface area contributed by atoms with E-state index in [0.717, 1.165) is 48.9 Å². The van der Waals surface area contributed by atoms with E-state index >= 15 is 0 Å². The lowest BCUT2D eigenvalue weighted by atomic mass is 9.97. The van der Waals surface area contributed by atoms with Gasteiger partial charge >= 0.3 is 0 Å². The van der Waals surface area contributed by atoms with E-state index in [1.165, 1.54) is 28.6 Å². The van der Waals surface area contributed by atoms with Gasteiger partial charge in [-0.2, -0.15) is 0 Å². The van der Waals surface area contributed by atoms with Crippen LogP contribution in [0.2, 0.25) is 0 Å². The van der Waals surface area contributed by atoms with E-state index in [0.29, 0.717) is 17.5 Å². The fraction of sp³-hybridized carbons (Fsp3) is 0.611. The normalized spacial score (nSPS) is 20.1. The van der Waals surface area contributed by atoms with Gasteiger partial charge in [0.15, 0.2) is 5.16 Å². The number of nitrogens with zero attached hydrogens (tertiary/aromatic N) is 2. The topological polar surface area (TPSA) is 61.2 Å². The van der Waals surface area contributed by atoms with Crippen molar-refractivity contribution in [3.8, 4) is 0 Å². The van der Waals surface area contributed by atoms with Crippen molar-refractivity contribution in [3.63, 3.8) is 0 Å². The average molecular weight is 379 g/mol. The molecule has 0 bridgehead atoms. The van der Waals surface area contributed by atoms with E-state index in [1.54, 1.807) is 22.8 Å². The van der Waals surface area contributed by atoms with Gasteiger partial charge in [0.05, 0.1) is 23.8 Å². The minimum atomic E-state index is 0.0472. The molecular weight excluding hydrogens is 356 g/mol. The quantitative estimate of drug-likeness (QED) is 0.591. The van der Waals surface area contributed by atoms with Crippen molar-refractivity contribution in [1.82, 2.24) is 9.55 Å². The summed E-state index contributed by atoms with van der Waals surface area (Å²) in [6, 6.07) is 0. The molecule has 5 nitrogen and oxygen atoms in total. The van der Waals surface area contributed by atoms with Crippen LogP contribution >= 0.6 is 23.1 Å². The maximum atomic E-state index is 13.3. The van der Waals surface area contributed by atoms with Crippen molar-refractivity contribution >= 4 is 39.1 Å². The first kappa shape index (κ1) is 17.2. The summed E-state index contributed by atoms with van der Waals surface area (Å²) in [5, 5.41) is 1.46. The number of Topliss-reactive ketones (excluding diaryl/α,β-unsaturated/α-hetero) is 1. The maximum absolute atomic E-state index is 13.3. The molecule has 2 aromatic heterocycles. The van der Waals surface area contributed by atoms with Crippen LogP contribution in [0.4, 0.5) is 0 Å². The third-order valence-electron chi connectivity index (χ3n) is 4.85. The lowest BCUT2D eigenvalue weighted by Gasteiger charge is -2.16. The van der Waals surface area contributed by atoms with Crippen LogP contribution in [-0.4, -0.2) is 33.8 Å². The Hall–Kier alpha value is -1.18. The van der Waals surface area contributed by atoms with Gasteiger partial charge in [-0.1, -0.05) is 11.8 Å². The predicted molar refractivity (Wildman–Crippen MR) is 101 cm³/mol. The number of fused-ring (bicyclic) bond motifs is 3. The summed E-state index contributed by atoms with van der Waals surface area (Å²) < 4.78 is 7.50.